The third-order valence-corrected chi connectivity index (χ3v) is 5.24. The Morgan fingerprint density at radius 1 is 0.667 bits per heavy atom. The summed E-state index contributed by atoms with van der Waals surface area (Å²) in [4.78, 5) is 17.7. The maximum Gasteiger partial charge on any atom is 0.200 e. The van der Waals surface area contributed by atoms with Crippen LogP contribution in [0.15, 0.2) is 85.5 Å². The second-order valence-electron chi connectivity index (χ2n) is 7.80. The summed E-state index contributed by atoms with van der Waals surface area (Å²) in [5, 5.41) is 5.68. The second kappa shape index (κ2) is 8.63. The molecule has 6 rings (SSSR count). The lowest BCUT2D eigenvalue weighted by molar-refractivity contribution is 0.880. The largest absolute Gasteiger partial charge is 0.299 e. The fourth-order valence-electron chi connectivity index (χ4n) is 3.72. The minimum absolute atomic E-state index is 0.596. The predicted octanol–water partition coefficient (Wildman–Crippen LogP) is 5.14. The van der Waals surface area contributed by atoms with Gasteiger partial charge in [-0.1, -0.05) is 12.1 Å². The van der Waals surface area contributed by atoms with Crippen molar-refractivity contribution < 1.29 is 0 Å². The van der Waals surface area contributed by atoms with E-state index in [1.54, 1.807) is 6.20 Å². The number of nitrogens with zero attached hydrogens (tertiary/aromatic N) is 7. The first-order valence-corrected chi connectivity index (χ1v) is 10.7. The summed E-state index contributed by atoms with van der Waals surface area (Å²) in [6, 6.07) is 19.9. The van der Waals surface area contributed by atoms with Gasteiger partial charge >= 0.3 is 0 Å². The molecule has 0 aliphatic rings. The van der Waals surface area contributed by atoms with Crippen molar-refractivity contribution in [2.75, 3.05) is 0 Å². The van der Waals surface area contributed by atoms with E-state index in [-0.39, 0.29) is 0 Å². The lowest BCUT2D eigenvalue weighted by Gasteiger charge is -2.09. The first-order chi connectivity index (χ1) is 16.1. The summed E-state index contributed by atoms with van der Waals surface area (Å²) in [5.41, 5.74) is 5.86. The van der Waals surface area contributed by atoms with Gasteiger partial charge in [-0.2, -0.15) is 0 Å². The molecular weight excluding hydrogens is 410 g/mol. The molecule has 0 aliphatic carbocycles. The van der Waals surface area contributed by atoms with Crippen LogP contribution in [0.4, 0.5) is 0 Å². The van der Waals surface area contributed by atoms with Gasteiger partial charge in [-0.25, -0.2) is 14.5 Å². The lowest BCUT2D eigenvalue weighted by Crippen LogP contribution is -2.06. The monoisotopic (exact) mass is 433 g/mol. The molecule has 0 aromatic carbocycles. The molecule has 0 fully saturated rings. The van der Waals surface area contributed by atoms with Crippen molar-refractivity contribution in [3.05, 3.63) is 103 Å². The SMILES string of the molecule is Cc1cccc(-c2nc(-n3ccc4cnccc43)c3cccn3n2)n1.Cc1cccc(C)n1. The van der Waals surface area contributed by atoms with Gasteiger partial charge in [-0.3, -0.25) is 14.5 Å². The van der Waals surface area contributed by atoms with Crippen LogP contribution < -0.4 is 0 Å². The molecule has 0 radical (unpaired) electrons. The molecule has 0 aliphatic heterocycles. The van der Waals surface area contributed by atoms with Gasteiger partial charge in [0.05, 0.1) is 5.52 Å². The third kappa shape index (κ3) is 4.21. The normalized spacial score (nSPS) is 10.9. The van der Waals surface area contributed by atoms with E-state index >= 15 is 0 Å². The van der Waals surface area contributed by atoms with Crippen molar-refractivity contribution in [2.24, 2.45) is 0 Å². The van der Waals surface area contributed by atoms with E-state index in [0.29, 0.717) is 5.82 Å². The molecule has 0 atom stereocenters. The van der Waals surface area contributed by atoms with Crippen LogP contribution in [0.25, 0.3) is 33.8 Å². The summed E-state index contributed by atoms with van der Waals surface area (Å²) < 4.78 is 3.90. The minimum Gasteiger partial charge on any atom is -0.299 e. The van der Waals surface area contributed by atoms with E-state index in [9.17, 15) is 0 Å². The summed E-state index contributed by atoms with van der Waals surface area (Å²) >= 11 is 0. The van der Waals surface area contributed by atoms with E-state index < -0.39 is 0 Å². The molecule has 162 valence electrons. The maximum absolute atomic E-state index is 4.83. The van der Waals surface area contributed by atoms with Crippen LogP contribution in [-0.4, -0.2) is 34.1 Å². The molecule has 6 heterocycles. The highest BCUT2D eigenvalue weighted by Crippen LogP contribution is 2.23. The zero-order chi connectivity index (χ0) is 22.8. The molecule has 0 bridgehead atoms. The Bertz CT molecular complexity index is 1540. The number of fused-ring (bicyclic) bond motifs is 2. The summed E-state index contributed by atoms with van der Waals surface area (Å²) in [7, 11) is 0. The Morgan fingerprint density at radius 2 is 1.42 bits per heavy atom. The number of aryl methyl sites for hydroxylation is 3. The van der Waals surface area contributed by atoms with Gasteiger partial charge in [0.1, 0.15) is 11.2 Å². The van der Waals surface area contributed by atoms with Crippen molar-refractivity contribution in [3.8, 4) is 17.3 Å². The molecule has 0 N–H and O–H groups in total. The van der Waals surface area contributed by atoms with E-state index in [0.717, 1.165) is 45.0 Å². The van der Waals surface area contributed by atoms with Crippen LogP contribution in [0.3, 0.4) is 0 Å². The Hall–Kier alpha value is -4.39. The fraction of sp³-hybridized carbons (Fsp3) is 0.115. The summed E-state index contributed by atoms with van der Waals surface area (Å²) in [6.45, 7) is 5.95. The minimum atomic E-state index is 0.596. The maximum atomic E-state index is 4.83. The number of pyridine rings is 3. The van der Waals surface area contributed by atoms with Crippen molar-refractivity contribution in [1.29, 1.82) is 0 Å². The van der Waals surface area contributed by atoms with Gasteiger partial charge in [-0.15, -0.1) is 5.10 Å². The van der Waals surface area contributed by atoms with Crippen LogP contribution in [0.1, 0.15) is 17.1 Å². The van der Waals surface area contributed by atoms with Crippen molar-refractivity contribution in [3.63, 3.8) is 0 Å². The zero-order valence-electron chi connectivity index (χ0n) is 18.7. The van der Waals surface area contributed by atoms with Gasteiger partial charge in [0.15, 0.2) is 5.82 Å². The van der Waals surface area contributed by atoms with Crippen molar-refractivity contribution in [2.45, 2.75) is 20.8 Å². The molecule has 0 amide bonds. The molecular formula is C26H23N7. The molecule has 6 aromatic heterocycles. The molecule has 6 aromatic rings. The molecule has 0 saturated carbocycles. The highest BCUT2D eigenvalue weighted by Gasteiger charge is 2.13. The van der Waals surface area contributed by atoms with Crippen molar-refractivity contribution in [1.82, 2.24) is 34.1 Å². The molecule has 0 saturated heterocycles. The Kier molecular flexibility index (Phi) is 5.36. The highest BCUT2D eigenvalue weighted by atomic mass is 15.3. The third-order valence-electron chi connectivity index (χ3n) is 5.24. The van der Waals surface area contributed by atoms with Gasteiger partial charge in [0.25, 0.3) is 0 Å². The molecule has 7 nitrogen and oxygen atoms in total. The lowest BCUT2D eigenvalue weighted by atomic mass is 10.3. The van der Waals surface area contributed by atoms with Gasteiger partial charge < -0.3 is 0 Å². The Morgan fingerprint density at radius 3 is 2.15 bits per heavy atom. The zero-order valence-corrected chi connectivity index (χ0v) is 18.7. The number of hydrogen-bond acceptors (Lipinski definition) is 5. The summed E-state index contributed by atoms with van der Waals surface area (Å²) in [5.74, 6) is 1.41. The van der Waals surface area contributed by atoms with Gasteiger partial charge in [0.2, 0.25) is 5.82 Å². The van der Waals surface area contributed by atoms with E-state index in [2.05, 4.69) is 24.6 Å². The van der Waals surface area contributed by atoms with Crippen LogP contribution in [0.5, 0.6) is 0 Å². The van der Waals surface area contributed by atoms with Gasteiger partial charge in [-0.05, 0) is 69.3 Å². The average molecular weight is 434 g/mol. The van der Waals surface area contributed by atoms with Gasteiger partial charge in [0, 0.05) is 47.3 Å². The quantitative estimate of drug-likeness (QED) is 0.378. The number of rotatable bonds is 2. The first kappa shape index (κ1) is 20.5. The standard InChI is InChI=1S/C19H14N6.C7H9N/c1-13-4-2-5-15(21-13)18-22-19(17-6-3-10-25(17)23-18)24-11-8-14-12-20-9-7-16(14)24;1-6-4-3-5-7(2)8-6/h2-12H,1H3;3-5H,1-2H3. The predicted molar refractivity (Wildman–Crippen MR) is 129 cm³/mol. The van der Waals surface area contributed by atoms with E-state index in [4.69, 9.17) is 4.98 Å². The smallest absolute Gasteiger partial charge is 0.200 e. The number of aromatic nitrogens is 7. The second-order valence-corrected chi connectivity index (χ2v) is 7.80. The Labute approximate surface area is 191 Å². The van der Waals surface area contributed by atoms with Crippen molar-refractivity contribution >= 4 is 16.4 Å². The Balaban J connectivity index is 0.000000243. The highest BCUT2D eigenvalue weighted by molar-refractivity contribution is 5.82. The fourth-order valence-corrected chi connectivity index (χ4v) is 3.72. The van der Waals surface area contributed by atoms with Crippen LogP contribution in [-0.2, 0) is 0 Å². The molecule has 33 heavy (non-hydrogen) atoms. The first-order valence-electron chi connectivity index (χ1n) is 10.7. The molecule has 0 spiro atoms. The van der Waals surface area contributed by atoms with Crippen LogP contribution in [0.2, 0.25) is 0 Å². The van der Waals surface area contributed by atoms with E-state index in [1.807, 2.05) is 105 Å². The molecule has 7 heteroatoms. The van der Waals surface area contributed by atoms with Crippen LogP contribution >= 0.6 is 0 Å². The van der Waals surface area contributed by atoms with Crippen LogP contribution in [0, 0.1) is 20.8 Å². The summed E-state index contributed by atoms with van der Waals surface area (Å²) in [6.07, 6.45) is 7.58. The van der Waals surface area contributed by atoms with E-state index in [1.165, 1.54) is 0 Å². The number of hydrogen-bond donors (Lipinski definition) is 0. The average Bonchev–Trinajstić information content (AvgIpc) is 3.46. The topological polar surface area (TPSA) is 73.8 Å². The molecule has 0 unspecified atom stereocenters.